The summed E-state index contributed by atoms with van der Waals surface area (Å²) in [5.74, 6) is 0.736. The van der Waals surface area contributed by atoms with E-state index in [1.165, 1.54) is 16.0 Å². The molecule has 1 atom stereocenters. The fourth-order valence-corrected chi connectivity index (χ4v) is 3.61. The number of ether oxygens (including phenoxy) is 1. The van der Waals surface area contributed by atoms with Gasteiger partial charge in [0.2, 0.25) is 0 Å². The number of methoxy groups -OCH3 is 1. The summed E-state index contributed by atoms with van der Waals surface area (Å²) in [6.45, 7) is 1.03. The number of fused-ring (bicyclic) bond motifs is 1. The van der Waals surface area contributed by atoms with Crippen molar-refractivity contribution in [1.82, 2.24) is 5.32 Å². The van der Waals surface area contributed by atoms with Crippen molar-refractivity contribution in [2.75, 3.05) is 13.7 Å². The smallest absolute Gasteiger partial charge is 0.160 e. The van der Waals surface area contributed by atoms with Crippen LogP contribution in [0.2, 0.25) is 0 Å². The molecule has 0 aliphatic carbocycles. The predicted molar refractivity (Wildman–Crippen MR) is 77.1 cm³/mol. The second kappa shape index (κ2) is 5.23. The van der Waals surface area contributed by atoms with Gasteiger partial charge in [0.1, 0.15) is 0 Å². The van der Waals surface area contributed by atoms with Crippen LogP contribution in [0, 0.1) is 0 Å². The molecule has 1 aromatic heterocycles. The number of nitrogens with one attached hydrogen (secondary N) is 1. The molecule has 3 nitrogen and oxygen atoms in total. The molecule has 1 unspecified atom stereocenters. The van der Waals surface area contributed by atoms with Gasteiger partial charge in [-0.1, -0.05) is 6.07 Å². The number of hydrogen-bond donors (Lipinski definition) is 2. The van der Waals surface area contributed by atoms with E-state index in [4.69, 9.17) is 4.74 Å². The minimum absolute atomic E-state index is 0.194. The Balaban J connectivity index is 1.83. The molecule has 0 spiro atoms. The van der Waals surface area contributed by atoms with Gasteiger partial charge in [0.05, 0.1) is 7.11 Å². The van der Waals surface area contributed by atoms with E-state index in [1.807, 2.05) is 23.5 Å². The highest BCUT2D eigenvalue weighted by Crippen LogP contribution is 2.33. The molecular formula is C15H17NO2S. The van der Waals surface area contributed by atoms with E-state index in [0.29, 0.717) is 11.8 Å². The van der Waals surface area contributed by atoms with Crippen LogP contribution >= 0.6 is 11.3 Å². The number of phenols is 1. The van der Waals surface area contributed by atoms with Gasteiger partial charge in [-0.3, -0.25) is 0 Å². The van der Waals surface area contributed by atoms with Gasteiger partial charge in [0, 0.05) is 10.9 Å². The lowest BCUT2D eigenvalue weighted by Gasteiger charge is -2.24. The van der Waals surface area contributed by atoms with Crippen molar-refractivity contribution in [3.63, 3.8) is 0 Å². The van der Waals surface area contributed by atoms with Crippen LogP contribution in [0.3, 0.4) is 0 Å². The number of aromatic hydroxyl groups is 1. The average Bonchev–Trinajstić information content (AvgIpc) is 2.90. The molecule has 3 rings (SSSR count). The summed E-state index contributed by atoms with van der Waals surface area (Å²) in [6, 6.07) is 8.18. The Kier molecular flexibility index (Phi) is 3.44. The molecule has 1 aliphatic rings. The Morgan fingerprint density at radius 3 is 3.16 bits per heavy atom. The van der Waals surface area contributed by atoms with Gasteiger partial charge >= 0.3 is 0 Å². The zero-order chi connectivity index (χ0) is 13.2. The highest BCUT2D eigenvalue weighted by molar-refractivity contribution is 7.10. The van der Waals surface area contributed by atoms with Gasteiger partial charge in [0.25, 0.3) is 0 Å². The molecule has 4 heteroatoms. The first-order valence-electron chi connectivity index (χ1n) is 6.43. The monoisotopic (exact) mass is 275 g/mol. The first-order valence-corrected chi connectivity index (χ1v) is 7.31. The lowest BCUT2D eigenvalue weighted by molar-refractivity contribution is 0.372. The molecule has 0 saturated heterocycles. The first kappa shape index (κ1) is 12.5. The Morgan fingerprint density at radius 2 is 2.32 bits per heavy atom. The lowest BCUT2D eigenvalue weighted by atomic mass is 9.97. The third-order valence-corrected chi connectivity index (χ3v) is 4.64. The molecule has 0 fully saturated rings. The van der Waals surface area contributed by atoms with E-state index in [-0.39, 0.29) is 5.75 Å². The van der Waals surface area contributed by atoms with Crippen molar-refractivity contribution < 1.29 is 9.84 Å². The van der Waals surface area contributed by atoms with E-state index >= 15 is 0 Å². The quantitative estimate of drug-likeness (QED) is 0.905. The van der Waals surface area contributed by atoms with Gasteiger partial charge in [-0.2, -0.15) is 0 Å². The molecule has 0 saturated carbocycles. The van der Waals surface area contributed by atoms with E-state index < -0.39 is 0 Å². The Hall–Kier alpha value is -1.52. The van der Waals surface area contributed by atoms with E-state index in [2.05, 4.69) is 16.8 Å². The van der Waals surface area contributed by atoms with Crippen molar-refractivity contribution in [2.24, 2.45) is 0 Å². The fourth-order valence-electron chi connectivity index (χ4n) is 2.58. The van der Waals surface area contributed by atoms with Gasteiger partial charge in [0.15, 0.2) is 11.5 Å². The minimum Gasteiger partial charge on any atom is -0.504 e. The largest absolute Gasteiger partial charge is 0.504 e. The molecule has 2 aromatic rings. The van der Waals surface area contributed by atoms with Crippen LogP contribution in [0.4, 0.5) is 0 Å². The van der Waals surface area contributed by atoms with Crippen LogP contribution in [0.15, 0.2) is 29.6 Å². The first-order chi connectivity index (χ1) is 9.28. The molecule has 19 heavy (non-hydrogen) atoms. The second-order valence-electron chi connectivity index (χ2n) is 4.78. The van der Waals surface area contributed by atoms with Crippen molar-refractivity contribution >= 4 is 11.3 Å². The normalized spacial score (nSPS) is 18.1. The van der Waals surface area contributed by atoms with Gasteiger partial charge in [-0.25, -0.2) is 0 Å². The average molecular weight is 275 g/mol. The highest BCUT2D eigenvalue weighted by atomic mass is 32.1. The third kappa shape index (κ3) is 2.46. The fraction of sp³-hybridized carbons (Fsp3) is 0.333. The highest BCUT2D eigenvalue weighted by Gasteiger charge is 2.21. The molecule has 100 valence electrons. The number of benzene rings is 1. The maximum atomic E-state index is 9.63. The topological polar surface area (TPSA) is 41.5 Å². The van der Waals surface area contributed by atoms with Crippen LogP contribution < -0.4 is 10.1 Å². The summed E-state index contributed by atoms with van der Waals surface area (Å²) in [4.78, 5) is 1.44. The molecule has 2 N–H and O–H groups in total. The number of hydrogen-bond acceptors (Lipinski definition) is 4. The Bertz CT molecular complexity index is 579. The molecule has 0 radical (unpaired) electrons. The van der Waals surface area contributed by atoms with Gasteiger partial charge in [-0.15, -0.1) is 11.3 Å². The van der Waals surface area contributed by atoms with Gasteiger partial charge in [-0.05, 0) is 54.1 Å². The molecule has 0 amide bonds. The summed E-state index contributed by atoms with van der Waals surface area (Å²) in [5, 5.41) is 15.4. The zero-order valence-electron chi connectivity index (χ0n) is 10.8. The lowest BCUT2D eigenvalue weighted by Crippen LogP contribution is -2.29. The number of phenolic OH excluding ortho intramolecular Hbond substituents is 1. The van der Waals surface area contributed by atoms with Crippen molar-refractivity contribution in [3.05, 3.63) is 45.6 Å². The van der Waals surface area contributed by atoms with E-state index in [1.54, 1.807) is 13.2 Å². The molecular weight excluding hydrogens is 258 g/mol. The van der Waals surface area contributed by atoms with Crippen LogP contribution in [0.5, 0.6) is 11.5 Å². The zero-order valence-corrected chi connectivity index (χ0v) is 11.7. The number of rotatable bonds is 3. The van der Waals surface area contributed by atoms with Crippen molar-refractivity contribution in [3.8, 4) is 11.5 Å². The van der Waals surface area contributed by atoms with E-state index in [9.17, 15) is 5.11 Å². The van der Waals surface area contributed by atoms with Crippen molar-refractivity contribution in [1.29, 1.82) is 0 Å². The third-order valence-electron chi connectivity index (χ3n) is 3.57. The standard InChI is InChI=1S/C15H17NO2S/c1-18-14-9-10(2-3-13(14)17)8-12-15-11(4-6-16-12)5-7-19-15/h2-3,5,7,9,12,16-17H,4,6,8H2,1H3. The Labute approximate surface area is 116 Å². The second-order valence-corrected chi connectivity index (χ2v) is 5.72. The van der Waals surface area contributed by atoms with Crippen LogP contribution in [-0.2, 0) is 12.8 Å². The summed E-state index contributed by atoms with van der Waals surface area (Å²) >= 11 is 1.82. The maximum Gasteiger partial charge on any atom is 0.160 e. The molecule has 1 aliphatic heterocycles. The predicted octanol–water partition coefficient (Wildman–Crippen LogP) is 2.89. The minimum atomic E-state index is 0.194. The maximum absolute atomic E-state index is 9.63. The molecule has 0 bridgehead atoms. The summed E-state index contributed by atoms with van der Waals surface area (Å²) < 4.78 is 5.16. The Morgan fingerprint density at radius 1 is 1.42 bits per heavy atom. The number of thiophene rings is 1. The molecule has 1 aromatic carbocycles. The van der Waals surface area contributed by atoms with Crippen molar-refractivity contribution in [2.45, 2.75) is 18.9 Å². The molecule has 2 heterocycles. The van der Waals surface area contributed by atoms with Gasteiger partial charge < -0.3 is 15.2 Å². The van der Waals surface area contributed by atoms with Crippen LogP contribution in [0.25, 0.3) is 0 Å². The van der Waals surface area contributed by atoms with Crippen LogP contribution in [0.1, 0.15) is 22.0 Å². The SMILES string of the molecule is COc1cc(CC2NCCc3ccsc32)ccc1O. The summed E-state index contributed by atoms with van der Waals surface area (Å²) in [6.07, 6.45) is 2.04. The summed E-state index contributed by atoms with van der Waals surface area (Å²) in [5.41, 5.74) is 2.65. The van der Waals surface area contributed by atoms with E-state index in [0.717, 1.165) is 19.4 Å². The van der Waals surface area contributed by atoms with Crippen LogP contribution in [-0.4, -0.2) is 18.8 Å². The summed E-state index contributed by atoms with van der Waals surface area (Å²) in [7, 11) is 1.58.